The van der Waals surface area contributed by atoms with Crippen LogP contribution < -0.4 is 4.90 Å². The van der Waals surface area contributed by atoms with Gasteiger partial charge in [0.25, 0.3) is 0 Å². The minimum atomic E-state index is 0.123. The van der Waals surface area contributed by atoms with E-state index in [9.17, 15) is 4.79 Å². The van der Waals surface area contributed by atoms with Crippen LogP contribution in [-0.4, -0.2) is 99.0 Å². The van der Waals surface area contributed by atoms with E-state index in [1.807, 2.05) is 10.9 Å². The van der Waals surface area contributed by atoms with Crippen molar-refractivity contribution in [2.45, 2.75) is 78.3 Å². The van der Waals surface area contributed by atoms with Gasteiger partial charge in [-0.2, -0.15) is 5.10 Å². The highest BCUT2D eigenvalue weighted by molar-refractivity contribution is 7.09. The summed E-state index contributed by atoms with van der Waals surface area (Å²) in [4.78, 5) is 34.3. The Morgan fingerprint density at radius 1 is 1.12 bits per heavy atom. The van der Waals surface area contributed by atoms with Gasteiger partial charge in [0.15, 0.2) is 5.65 Å². The van der Waals surface area contributed by atoms with Crippen LogP contribution in [-0.2, 0) is 22.5 Å². The van der Waals surface area contributed by atoms with Gasteiger partial charge >= 0.3 is 0 Å². The largest absolute Gasteiger partial charge is 0.383 e. The van der Waals surface area contributed by atoms with Gasteiger partial charge in [0, 0.05) is 63.2 Å². The summed E-state index contributed by atoms with van der Waals surface area (Å²) in [6, 6.07) is 0. The molecule has 0 spiro atoms. The van der Waals surface area contributed by atoms with Crippen molar-refractivity contribution in [1.29, 1.82) is 0 Å². The highest BCUT2D eigenvalue weighted by atomic mass is 32.1. The van der Waals surface area contributed by atoms with Crippen molar-refractivity contribution in [3.05, 3.63) is 28.6 Å². The zero-order valence-corrected chi connectivity index (χ0v) is 26.9. The Kier molecular flexibility index (Phi) is 10.1. The minimum absolute atomic E-state index is 0.123. The third-order valence-electron chi connectivity index (χ3n) is 8.87. The summed E-state index contributed by atoms with van der Waals surface area (Å²) in [5.41, 5.74) is 1.97. The molecule has 1 saturated heterocycles. The molecule has 2 aliphatic rings. The quantitative estimate of drug-likeness (QED) is 0.320. The van der Waals surface area contributed by atoms with E-state index in [1.165, 1.54) is 5.01 Å². The molecular formula is C31H48N8O2S. The van der Waals surface area contributed by atoms with E-state index in [-0.39, 0.29) is 11.5 Å². The predicted molar refractivity (Wildman–Crippen MR) is 168 cm³/mol. The van der Waals surface area contributed by atoms with E-state index in [0.29, 0.717) is 18.4 Å². The van der Waals surface area contributed by atoms with Crippen LogP contribution in [0.2, 0.25) is 0 Å². The van der Waals surface area contributed by atoms with E-state index >= 15 is 0 Å². The third kappa shape index (κ3) is 7.29. The lowest BCUT2D eigenvalue weighted by Gasteiger charge is -2.41. The van der Waals surface area contributed by atoms with E-state index in [1.54, 1.807) is 24.8 Å². The summed E-state index contributed by atoms with van der Waals surface area (Å²) < 4.78 is 7.27. The average molecular weight is 597 g/mol. The first kappa shape index (κ1) is 30.8. The Morgan fingerprint density at radius 2 is 1.88 bits per heavy atom. The highest BCUT2D eigenvalue weighted by Crippen LogP contribution is 2.33. The number of hydrogen-bond donors (Lipinski definition) is 0. The molecule has 2 fully saturated rings. The summed E-state index contributed by atoms with van der Waals surface area (Å²) in [5, 5.41) is 8.88. The lowest BCUT2D eigenvalue weighted by Crippen LogP contribution is -2.51. The van der Waals surface area contributed by atoms with Gasteiger partial charge in [-0.15, -0.1) is 11.3 Å². The Balaban J connectivity index is 1.14. The minimum Gasteiger partial charge on any atom is -0.383 e. The van der Waals surface area contributed by atoms with Crippen molar-refractivity contribution in [3.63, 3.8) is 0 Å². The summed E-state index contributed by atoms with van der Waals surface area (Å²) in [5.74, 6) is 2.05. The number of carbonyl (C=O) groups is 1. The molecule has 42 heavy (non-hydrogen) atoms. The van der Waals surface area contributed by atoms with Crippen molar-refractivity contribution in [2.24, 2.45) is 11.8 Å². The number of thiazole rings is 1. The molecule has 10 nitrogen and oxygen atoms in total. The number of aryl methyl sites for hydroxylation is 1. The molecule has 5 rings (SSSR count). The number of hydrogen-bond acceptors (Lipinski definition) is 9. The fraction of sp³-hybridized carbons (Fsp3) is 0.710. The predicted octanol–water partition coefficient (Wildman–Crippen LogP) is 4.49. The summed E-state index contributed by atoms with van der Waals surface area (Å²) in [6.45, 7) is 15.4. The molecule has 4 heterocycles. The van der Waals surface area contributed by atoms with E-state index in [2.05, 4.69) is 62.8 Å². The molecule has 230 valence electrons. The normalized spacial score (nSPS) is 20.1. The number of rotatable bonds is 11. The van der Waals surface area contributed by atoms with Gasteiger partial charge in [0.1, 0.15) is 12.1 Å². The zero-order chi connectivity index (χ0) is 29.7. The topological polar surface area (TPSA) is 92.5 Å². The number of carbonyl (C=O) groups excluding carboxylic acids is 1. The van der Waals surface area contributed by atoms with E-state index in [0.717, 1.165) is 107 Å². The number of anilines is 1. The summed E-state index contributed by atoms with van der Waals surface area (Å²) in [7, 11) is 1.77. The van der Waals surface area contributed by atoms with Gasteiger partial charge in [-0.05, 0) is 65.2 Å². The lowest BCUT2D eigenvalue weighted by atomic mass is 9.80. The first-order chi connectivity index (χ1) is 20.3. The maximum absolute atomic E-state index is 13.5. The number of piperazine rings is 1. The Hall–Kier alpha value is -2.63. The van der Waals surface area contributed by atoms with Crippen molar-refractivity contribution in [2.75, 3.05) is 57.9 Å². The maximum atomic E-state index is 13.5. The molecule has 0 radical (unpaired) electrons. The number of aromatic nitrogens is 5. The molecule has 1 saturated carbocycles. The molecule has 0 bridgehead atoms. The second kappa shape index (κ2) is 13.8. The van der Waals surface area contributed by atoms with Crippen LogP contribution in [0.4, 0.5) is 5.82 Å². The van der Waals surface area contributed by atoms with Crippen LogP contribution >= 0.6 is 11.3 Å². The van der Waals surface area contributed by atoms with Crippen molar-refractivity contribution in [3.8, 4) is 0 Å². The van der Waals surface area contributed by atoms with Crippen LogP contribution in [0.1, 0.15) is 70.5 Å². The second-order valence-electron chi connectivity index (χ2n) is 12.9. The molecule has 1 aliphatic heterocycles. The molecule has 3 aromatic heterocycles. The van der Waals surface area contributed by atoms with Gasteiger partial charge in [-0.3, -0.25) is 9.69 Å². The first-order valence-corrected chi connectivity index (χ1v) is 16.5. The van der Waals surface area contributed by atoms with Crippen molar-refractivity contribution in [1.82, 2.24) is 34.5 Å². The van der Waals surface area contributed by atoms with E-state index < -0.39 is 0 Å². The van der Waals surface area contributed by atoms with Gasteiger partial charge in [-0.25, -0.2) is 19.6 Å². The van der Waals surface area contributed by atoms with Gasteiger partial charge in [0.05, 0.1) is 35.4 Å². The van der Waals surface area contributed by atoms with Gasteiger partial charge in [-0.1, -0.05) is 6.92 Å². The number of ether oxygens (including phenoxy) is 1. The SMILES string of the molecule is CCCc1nc(Cn2ncc3c(N4CCN(C(=O)[C@H]5CC[C@H](CN(CCOC)C(C)(C)C)CC5)CC4)ncnc32)cs1. The third-order valence-corrected chi connectivity index (χ3v) is 9.82. The first-order valence-electron chi connectivity index (χ1n) is 15.6. The fourth-order valence-corrected chi connectivity index (χ4v) is 7.25. The summed E-state index contributed by atoms with van der Waals surface area (Å²) in [6.07, 6.45) is 9.85. The average Bonchev–Trinajstić information content (AvgIpc) is 3.62. The van der Waals surface area contributed by atoms with Crippen LogP contribution in [0.15, 0.2) is 17.9 Å². The zero-order valence-electron chi connectivity index (χ0n) is 26.1. The van der Waals surface area contributed by atoms with Crippen LogP contribution in [0, 0.1) is 11.8 Å². The van der Waals surface area contributed by atoms with Crippen LogP contribution in [0.5, 0.6) is 0 Å². The fourth-order valence-electron chi connectivity index (χ4n) is 6.35. The standard InChI is InChI=1S/C31H48N8O2S/c1-6-7-27-35-25(21-42-27)20-39-29-26(18-34-39)28(32-22-33-29)36-12-14-37(15-13-36)30(40)24-10-8-23(9-11-24)19-38(16-17-41-5)31(2,3)4/h18,21-24H,6-17,19-20H2,1-5H3/t23-,24-. The van der Waals surface area contributed by atoms with E-state index in [4.69, 9.17) is 9.72 Å². The van der Waals surface area contributed by atoms with Crippen molar-refractivity contribution < 1.29 is 9.53 Å². The molecule has 11 heteroatoms. The molecule has 0 unspecified atom stereocenters. The number of methoxy groups -OCH3 is 1. The highest BCUT2D eigenvalue weighted by Gasteiger charge is 2.33. The molecule has 1 aliphatic carbocycles. The lowest BCUT2D eigenvalue weighted by molar-refractivity contribution is -0.137. The number of fused-ring (bicyclic) bond motifs is 1. The Labute approximate surface area is 254 Å². The molecule has 1 amide bonds. The second-order valence-corrected chi connectivity index (χ2v) is 13.8. The van der Waals surface area contributed by atoms with Crippen LogP contribution in [0.3, 0.4) is 0 Å². The number of nitrogens with zero attached hydrogens (tertiary/aromatic N) is 8. The number of amides is 1. The van der Waals surface area contributed by atoms with Crippen molar-refractivity contribution >= 4 is 34.1 Å². The van der Waals surface area contributed by atoms with Crippen LogP contribution in [0.25, 0.3) is 11.0 Å². The molecule has 3 aromatic rings. The molecular weight excluding hydrogens is 548 g/mol. The van der Waals surface area contributed by atoms with Gasteiger partial charge in [0.2, 0.25) is 5.91 Å². The smallest absolute Gasteiger partial charge is 0.225 e. The Morgan fingerprint density at radius 3 is 2.57 bits per heavy atom. The molecule has 0 N–H and O–H groups in total. The summed E-state index contributed by atoms with van der Waals surface area (Å²) >= 11 is 1.71. The van der Waals surface area contributed by atoms with Gasteiger partial charge < -0.3 is 14.5 Å². The monoisotopic (exact) mass is 596 g/mol. The molecule has 0 atom stereocenters. The Bertz CT molecular complexity index is 1300. The maximum Gasteiger partial charge on any atom is 0.225 e. The molecule has 0 aromatic carbocycles.